The van der Waals surface area contributed by atoms with Crippen molar-refractivity contribution in [1.82, 2.24) is 4.90 Å². The van der Waals surface area contributed by atoms with E-state index in [1.54, 1.807) is 0 Å². The zero-order valence-corrected chi connectivity index (χ0v) is 12.2. The average molecular weight is 262 g/mol. The molecule has 1 saturated carbocycles. The number of likely N-dealkylation sites (tertiary alicyclic amines) is 1. The van der Waals surface area contributed by atoms with Crippen LogP contribution in [0.4, 0.5) is 0 Å². The Kier molecular flexibility index (Phi) is 4.85. The largest absolute Gasteiger partial charge is 0.341 e. The lowest BCUT2D eigenvalue weighted by Crippen LogP contribution is -2.47. The van der Waals surface area contributed by atoms with E-state index in [0.717, 1.165) is 51.6 Å². The Morgan fingerprint density at radius 3 is 2.53 bits per heavy atom. The Morgan fingerprint density at radius 2 is 1.95 bits per heavy atom. The van der Waals surface area contributed by atoms with Crippen LogP contribution < -0.4 is 0 Å². The molecule has 0 aromatic heterocycles. The van der Waals surface area contributed by atoms with Gasteiger partial charge in [-0.3, -0.25) is 4.79 Å². The van der Waals surface area contributed by atoms with Crippen molar-refractivity contribution in [3.8, 4) is 6.07 Å². The molecule has 19 heavy (non-hydrogen) atoms. The van der Waals surface area contributed by atoms with Crippen molar-refractivity contribution in [2.24, 2.45) is 11.3 Å². The van der Waals surface area contributed by atoms with Crippen molar-refractivity contribution >= 4 is 5.91 Å². The van der Waals surface area contributed by atoms with Gasteiger partial charge >= 0.3 is 0 Å². The van der Waals surface area contributed by atoms with Gasteiger partial charge in [-0.05, 0) is 31.6 Å². The van der Waals surface area contributed by atoms with E-state index in [1.165, 1.54) is 19.3 Å². The Bertz CT molecular complexity index is 350. The fourth-order valence-electron chi connectivity index (χ4n) is 3.59. The second-order valence-electron chi connectivity index (χ2n) is 6.28. The maximum atomic E-state index is 12.8. The molecule has 0 spiro atoms. The number of carbonyl (C=O) groups is 1. The van der Waals surface area contributed by atoms with E-state index in [4.69, 9.17) is 0 Å². The molecule has 3 heteroatoms. The van der Waals surface area contributed by atoms with Crippen molar-refractivity contribution in [1.29, 1.82) is 5.26 Å². The van der Waals surface area contributed by atoms with E-state index in [0.29, 0.717) is 5.92 Å². The molecule has 2 rings (SSSR count). The number of hydrogen-bond donors (Lipinski definition) is 0. The lowest BCUT2D eigenvalue weighted by molar-refractivity contribution is -0.141. The molecule has 106 valence electrons. The molecule has 3 nitrogen and oxygen atoms in total. The summed E-state index contributed by atoms with van der Waals surface area (Å²) in [5.74, 6) is 0.772. The van der Waals surface area contributed by atoms with Crippen LogP contribution in [0.15, 0.2) is 0 Å². The molecule has 1 aliphatic heterocycles. The van der Waals surface area contributed by atoms with Gasteiger partial charge in [-0.1, -0.05) is 39.0 Å². The zero-order chi connectivity index (χ0) is 13.7. The third kappa shape index (κ3) is 3.11. The lowest BCUT2D eigenvalue weighted by atomic mass is 9.79. The van der Waals surface area contributed by atoms with Crippen LogP contribution in [0.2, 0.25) is 0 Å². The number of piperidine rings is 1. The topological polar surface area (TPSA) is 44.1 Å². The van der Waals surface area contributed by atoms with Gasteiger partial charge in [-0.2, -0.15) is 5.26 Å². The molecule has 1 amide bonds. The SMILES string of the molecule is CCC1CCCN(C(=O)C2(C#N)CCCCCC2)C1. The minimum atomic E-state index is -0.702. The summed E-state index contributed by atoms with van der Waals surface area (Å²) < 4.78 is 0. The van der Waals surface area contributed by atoms with E-state index < -0.39 is 5.41 Å². The van der Waals surface area contributed by atoms with Gasteiger partial charge in [0.25, 0.3) is 0 Å². The second kappa shape index (κ2) is 6.41. The maximum Gasteiger partial charge on any atom is 0.243 e. The van der Waals surface area contributed by atoms with E-state index in [2.05, 4.69) is 13.0 Å². The van der Waals surface area contributed by atoms with Gasteiger partial charge in [0.05, 0.1) is 6.07 Å². The van der Waals surface area contributed by atoms with E-state index in [-0.39, 0.29) is 5.91 Å². The Labute approximate surface area is 117 Å². The Hall–Kier alpha value is -1.04. The number of nitrogens with zero attached hydrogens (tertiary/aromatic N) is 2. The van der Waals surface area contributed by atoms with Crippen molar-refractivity contribution in [3.05, 3.63) is 0 Å². The fourth-order valence-corrected chi connectivity index (χ4v) is 3.59. The third-order valence-corrected chi connectivity index (χ3v) is 4.96. The number of carbonyl (C=O) groups excluding carboxylic acids is 1. The van der Waals surface area contributed by atoms with Crippen molar-refractivity contribution in [2.45, 2.75) is 64.7 Å². The number of rotatable bonds is 2. The Balaban J connectivity index is 2.09. The first-order valence-corrected chi connectivity index (χ1v) is 7.92. The molecule has 0 bridgehead atoms. The monoisotopic (exact) mass is 262 g/mol. The van der Waals surface area contributed by atoms with Crippen LogP contribution in [0.1, 0.15) is 64.7 Å². The highest BCUT2D eigenvalue weighted by molar-refractivity contribution is 5.85. The molecule has 2 aliphatic rings. The van der Waals surface area contributed by atoms with Gasteiger partial charge in [-0.15, -0.1) is 0 Å². The highest BCUT2D eigenvalue weighted by Crippen LogP contribution is 2.37. The van der Waals surface area contributed by atoms with Crippen molar-refractivity contribution in [3.63, 3.8) is 0 Å². The van der Waals surface area contributed by atoms with Crippen molar-refractivity contribution in [2.75, 3.05) is 13.1 Å². The fraction of sp³-hybridized carbons (Fsp3) is 0.875. The molecule has 1 unspecified atom stereocenters. The number of hydrogen-bond acceptors (Lipinski definition) is 2. The highest BCUT2D eigenvalue weighted by Gasteiger charge is 2.42. The predicted octanol–water partition coefficient (Wildman–Crippen LogP) is 3.50. The summed E-state index contributed by atoms with van der Waals surface area (Å²) in [6.45, 7) is 3.93. The predicted molar refractivity (Wildman–Crippen MR) is 75.3 cm³/mol. The van der Waals surface area contributed by atoms with E-state index >= 15 is 0 Å². The summed E-state index contributed by atoms with van der Waals surface area (Å²) in [4.78, 5) is 14.8. The first kappa shape index (κ1) is 14.4. The second-order valence-corrected chi connectivity index (χ2v) is 6.28. The van der Waals surface area contributed by atoms with Crippen LogP contribution in [-0.4, -0.2) is 23.9 Å². The Morgan fingerprint density at radius 1 is 1.26 bits per heavy atom. The standard InChI is InChI=1S/C16H26N2O/c1-2-14-8-7-11-18(12-14)15(19)16(13-17)9-5-3-4-6-10-16/h14H,2-12H2,1H3. The van der Waals surface area contributed by atoms with Gasteiger partial charge in [0.2, 0.25) is 5.91 Å². The lowest BCUT2D eigenvalue weighted by Gasteiger charge is -2.37. The van der Waals surface area contributed by atoms with Crippen LogP contribution in [0.25, 0.3) is 0 Å². The average Bonchev–Trinajstić information content (AvgIpc) is 2.73. The summed E-state index contributed by atoms with van der Waals surface area (Å²) >= 11 is 0. The molecule has 0 radical (unpaired) electrons. The van der Waals surface area contributed by atoms with Crippen LogP contribution in [0, 0.1) is 22.7 Å². The molecule has 1 atom stereocenters. The van der Waals surface area contributed by atoms with Gasteiger partial charge in [0, 0.05) is 13.1 Å². The summed E-state index contributed by atoms with van der Waals surface area (Å²) in [5.41, 5.74) is -0.702. The van der Waals surface area contributed by atoms with Gasteiger partial charge in [-0.25, -0.2) is 0 Å². The molecule has 1 heterocycles. The van der Waals surface area contributed by atoms with Gasteiger partial charge in [0.1, 0.15) is 5.41 Å². The van der Waals surface area contributed by atoms with Crippen LogP contribution >= 0.6 is 0 Å². The maximum absolute atomic E-state index is 12.8. The van der Waals surface area contributed by atoms with Crippen LogP contribution in [-0.2, 0) is 4.79 Å². The highest BCUT2D eigenvalue weighted by atomic mass is 16.2. The molecule has 0 N–H and O–H groups in total. The number of amides is 1. The first-order valence-electron chi connectivity index (χ1n) is 7.92. The molecule has 1 aliphatic carbocycles. The minimum absolute atomic E-state index is 0.134. The molecule has 1 saturated heterocycles. The van der Waals surface area contributed by atoms with Crippen LogP contribution in [0.5, 0.6) is 0 Å². The summed E-state index contributed by atoms with van der Waals surface area (Å²) in [6, 6.07) is 2.40. The quantitative estimate of drug-likeness (QED) is 0.715. The normalized spacial score (nSPS) is 27.4. The summed E-state index contributed by atoms with van der Waals surface area (Å²) in [7, 11) is 0. The van der Waals surface area contributed by atoms with Crippen LogP contribution in [0.3, 0.4) is 0 Å². The van der Waals surface area contributed by atoms with Gasteiger partial charge < -0.3 is 4.90 Å². The third-order valence-electron chi connectivity index (χ3n) is 4.96. The smallest absolute Gasteiger partial charge is 0.243 e. The number of nitriles is 1. The summed E-state index contributed by atoms with van der Waals surface area (Å²) in [6.07, 6.45) is 9.44. The van der Waals surface area contributed by atoms with E-state index in [9.17, 15) is 10.1 Å². The molecule has 0 aromatic rings. The minimum Gasteiger partial charge on any atom is -0.341 e. The summed E-state index contributed by atoms with van der Waals surface area (Å²) in [5, 5.41) is 9.59. The van der Waals surface area contributed by atoms with Crippen molar-refractivity contribution < 1.29 is 4.79 Å². The molecular weight excluding hydrogens is 236 g/mol. The molecular formula is C16H26N2O. The molecule has 2 fully saturated rings. The van der Waals surface area contributed by atoms with E-state index in [1.807, 2.05) is 4.90 Å². The zero-order valence-electron chi connectivity index (χ0n) is 12.2. The molecule has 0 aromatic carbocycles. The van der Waals surface area contributed by atoms with Gasteiger partial charge in [0.15, 0.2) is 0 Å². The first-order chi connectivity index (χ1) is 9.22.